The highest BCUT2D eigenvalue weighted by atomic mass is 35.5. The van der Waals surface area contributed by atoms with Crippen molar-refractivity contribution in [1.29, 1.82) is 0 Å². The van der Waals surface area contributed by atoms with Crippen LogP contribution in [0.5, 0.6) is 0 Å². The third-order valence-corrected chi connectivity index (χ3v) is 3.68. The summed E-state index contributed by atoms with van der Waals surface area (Å²) in [6.45, 7) is 4.50. The standard InChI is InChI=1S/C13H17ClFN/c1-13(2)5-3-4-12(13)16-11-7-9(14)6-10(15)8-11/h6-8,12,16H,3-5H2,1-2H3. The maximum Gasteiger partial charge on any atom is 0.126 e. The van der Waals surface area contributed by atoms with Gasteiger partial charge in [-0.2, -0.15) is 0 Å². The van der Waals surface area contributed by atoms with E-state index in [-0.39, 0.29) is 11.2 Å². The summed E-state index contributed by atoms with van der Waals surface area (Å²) < 4.78 is 13.2. The molecule has 1 unspecified atom stereocenters. The molecule has 2 rings (SSSR count). The molecule has 88 valence electrons. The molecule has 3 heteroatoms. The van der Waals surface area contributed by atoms with Crippen LogP contribution in [0, 0.1) is 11.2 Å². The Kier molecular flexibility index (Phi) is 3.11. The van der Waals surface area contributed by atoms with Gasteiger partial charge in [0.05, 0.1) is 0 Å². The maximum absolute atomic E-state index is 13.2. The van der Waals surface area contributed by atoms with Gasteiger partial charge in [0.1, 0.15) is 5.82 Å². The maximum atomic E-state index is 13.2. The van der Waals surface area contributed by atoms with Gasteiger partial charge in [0.2, 0.25) is 0 Å². The zero-order chi connectivity index (χ0) is 11.8. The Morgan fingerprint density at radius 3 is 2.69 bits per heavy atom. The summed E-state index contributed by atoms with van der Waals surface area (Å²) in [5, 5.41) is 3.83. The third kappa shape index (κ3) is 2.49. The molecule has 1 N–H and O–H groups in total. The molecule has 1 fully saturated rings. The molecule has 1 atom stereocenters. The van der Waals surface area contributed by atoms with Crippen LogP contribution in [0.4, 0.5) is 10.1 Å². The molecule has 0 amide bonds. The van der Waals surface area contributed by atoms with Gasteiger partial charge in [0, 0.05) is 16.8 Å². The van der Waals surface area contributed by atoms with Gasteiger partial charge in [-0.1, -0.05) is 31.9 Å². The molecule has 1 nitrogen and oxygen atoms in total. The normalized spacial score (nSPS) is 23.4. The molecule has 0 aliphatic heterocycles. The average Bonchev–Trinajstić information content (AvgIpc) is 2.44. The van der Waals surface area contributed by atoms with E-state index >= 15 is 0 Å². The first-order valence-corrected chi connectivity index (χ1v) is 6.08. The van der Waals surface area contributed by atoms with Crippen molar-refractivity contribution in [3.05, 3.63) is 29.0 Å². The molecule has 0 heterocycles. The summed E-state index contributed by atoms with van der Waals surface area (Å²) in [5.74, 6) is -0.286. The van der Waals surface area contributed by atoms with Gasteiger partial charge >= 0.3 is 0 Å². The van der Waals surface area contributed by atoms with Gasteiger partial charge < -0.3 is 5.32 Å². The number of halogens is 2. The molecular weight excluding hydrogens is 225 g/mol. The Morgan fingerprint density at radius 1 is 1.38 bits per heavy atom. The van der Waals surface area contributed by atoms with Crippen molar-refractivity contribution in [3.8, 4) is 0 Å². The van der Waals surface area contributed by atoms with Crippen molar-refractivity contribution >= 4 is 17.3 Å². The summed E-state index contributed by atoms with van der Waals surface area (Å²) in [5.41, 5.74) is 1.06. The number of nitrogens with one attached hydrogen (secondary N) is 1. The second-order valence-electron chi connectivity index (χ2n) is 5.24. The highest BCUT2D eigenvalue weighted by Gasteiger charge is 2.34. The zero-order valence-electron chi connectivity index (χ0n) is 9.69. The van der Waals surface area contributed by atoms with Gasteiger partial charge in [0.25, 0.3) is 0 Å². The summed E-state index contributed by atoms with van der Waals surface area (Å²) in [7, 11) is 0. The van der Waals surface area contributed by atoms with E-state index in [0.29, 0.717) is 11.1 Å². The minimum atomic E-state index is -0.286. The summed E-state index contributed by atoms with van der Waals surface area (Å²) in [4.78, 5) is 0. The van der Waals surface area contributed by atoms with E-state index in [1.807, 2.05) is 0 Å². The van der Waals surface area contributed by atoms with E-state index in [4.69, 9.17) is 11.6 Å². The summed E-state index contributed by atoms with van der Waals surface area (Å²) in [6, 6.07) is 5.01. The smallest absolute Gasteiger partial charge is 0.126 e. The minimum Gasteiger partial charge on any atom is -0.382 e. The van der Waals surface area contributed by atoms with Gasteiger partial charge in [-0.25, -0.2) is 4.39 Å². The molecule has 0 radical (unpaired) electrons. The largest absolute Gasteiger partial charge is 0.382 e. The molecule has 1 aliphatic rings. The Balaban J connectivity index is 2.14. The molecule has 0 spiro atoms. The predicted molar refractivity (Wildman–Crippen MR) is 66.5 cm³/mol. The number of anilines is 1. The summed E-state index contributed by atoms with van der Waals surface area (Å²) >= 11 is 5.83. The first-order valence-electron chi connectivity index (χ1n) is 5.70. The van der Waals surface area contributed by atoms with E-state index in [1.54, 1.807) is 6.07 Å². The average molecular weight is 242 g/mol. The molecule has 16 heavy (non-hydrogen) atoms. The fourth-order valence-corrected chi connectivity index (χ4v) is 2.65. The van der Waals surface area contributed by atoms with Crippen LogP contribution in [0.25, 0.3) is 0 Å². The van der Waals surface area contributed by atoms with Crippen molar-refractivity contribution in [3.63, 3.8) is 0 Å². The SMILES string of the molecule is CC1(C)CCCC1Nc1cc(F)cc(Cl)c1. The van der Waals surface area contributed by atoms with Crippen LogP contribution >= 0.6 is 11.6 Å². The van der Waals surface area contributed by atoms with Crippen molar-refractivity contribution in [2.45, 2.75) is 39.2 Å². The van der Waals surface area contributed by atoms with Crippen LogP contribution in [-0.4, -0.2) is 6.04 Å². The lowest BCUT2D eigenvalue weighted by Crippen LogP contribution is -2.30. The first kappa shape index (κ1) is 11.7. The Hall–Kier alpha value is -0.760. The van der Waals surface area contributed by atoms with Crippen LogP contribution in [-0.2, 0) is 0 Å². The van der Waals surface area contributed by atoms with Crippen molar-refractivity contribution < 1.29 is 4.39 Å². The summed E-state index contributed by atoms with van der Waals surface area (Å²) in [6.07, 6.45) is 3.59. The second-order valence-corrected chi connectivity index (χ2v) is 5.67. The van der Waals surface area contributed by atoms with Gasteiger partial charge in [0.15, 0.2) is 0 Å². The lowest BCUT2D eigenvalue weighted by Gasteiger charge is -2.28. The van der Waals surface area contributed by atoms with Crippen LogP contribution in [0.3, 0.4) is 0 Å². The highest BCUT2D eigenvalue weighted by Crippen LogP contribution is 2.39. The first-order chi connectivity index (χ1) is 7.47. The van der Waals surface area contributed by atoms with Gasteiger partial charge in [-0.05, 0) is 36.5 Å². The van der Waals surface area contributed by atoms with Gasteiger partial charge in [-0.3, -0.25) is 0 Å². The number of hydrogen-bond donors (Lipinski definition) is 1. The third-order valence-electron chi connectivity index (χ3n) is 3.46. The van der Waals surface area contributed by atoms with Crippen LogP contribution in [0.2, 0.25) is 5.02 Å². The van der Waals surface area contributed by atoms with Crippen molar-refractivity contribution in [2.24, 2.45) is 5.41 Å². The Morgan fingerprint density at radius 2 is 2.12 bits per heavy atom. The Labute approximate surface area is 101 Å². The van der Waals surface area contributed by atoms with Gasteiger partial charge in [-0.15, -0.1) is 0 Å². The molecule has 1 aromatic rings. The van der Waals surface area contributed by atoms with Crippen molar-refractivity contribution in [1.82, 2.24) is 0 Å². The van der Waals surface area contributed by atoms with E-state index in [9.17, 15) is 4.39 Å². The van der Waals surface area contributed by atoms with E-state index in [0.717, 1.165) is 12.1 Å². The molecule has 0 bridgehead atoms. The molecule has 1 saturated carbocycles. The van der Waals surface area contributed by atoms with E-state index < -0.39 is 0 Å². The van der Waals surface area contributed by atoms with Crippen LogP contribution < -0.4 is 5.32 Å². The number of hydrogen-bond acceptors (Lipinski definition) is 1. The van der Waals surface area contributed by atoms with E-state index in [2.05, 4.69) is 19.2 Å². The lowest BCUT2D eigenvalue weighted by molar-refractivity contribution is 0.350. The molecule has 0 saturated heterocycles. The minimum absolute atomic E-state index is 0.277. The van der Waals surface area contributed by atoms with Crippen LogP contribution in [0.15, 0.2) is 18.2 Å². The van der Waals surface area contributed by atoms with Crippen LogP contribution in [0.1, 0.15) is 33.1 Å². The Bertz CT molecular complexity index is 369. The zero-order valence-corrected chi connectivity index (χ0v) is 10.4. The highest BCUT2D eigenvalue weighted by molar-refractivity contribution is 6.30. The van der Waals surface area contributed by atoms with Crippen molar-refractivity contribution in [2.75, 3.05) is 5.32 Å². The molecular formula is C13H17ClFN. The molecule has 1 aromatic carbocycles. The second kappa shape index (κ2) is 4.25. The lowest BCUT2D eigenvalue weighted by atomic mass is 9.87. The molecule has 0 aromatic heterocycles. The van der Waals surface area contributed by atoms with E-state index in [1.165, 1.54) is 25.0 Å². The predicted octanol–water partition coefficient (Wildman–Crippen LogP) is 4.47. The quantitative estimate of drug-likeness (QED) is 0.806. The fourth-order valence-electron chi connectivity index (χ4n) is 2.43. The molecule has 1 aliphatic carbocycles. The monoisotopic (exact) mass is 241 g/mol. The number of benzene rings is 1. The number of rotatable bonds is 2. The topological polar surface area (TPSA) is 12.0 Å². The fraction of sp³-hybridized carbons (Fsp3) is 0.538.